The van der Waals surface area contributed by atoms with Gasteiger partial charge in [-0.1, -0.05) is 36.4 Å². The van der Waals surface area contributed by atoms with Gasteiger partial charge in [-0.25, -0.2) is 0 Å². The van der Waals surface area contributed by atoms with E-state index >= 15 is 0 Å². The summed E-state index contributed by atoms with van der Waals surface area (Å²) in [6.45, 7) is 0. The van der Waals surface area contributed by atoms with Gasteiger partial charge in [0.1, 0.15) is 0 Å². The van der Waals surface area contributed by atoms with Crippen LogP contribution in [0.15, 0.2) is 36.4 Å². The Balaban J connectivity index is 0.00000196. The van der Waals surface area contributed by atoms with Crippen molar-refractivity contribution >= 4 is 45.8 Å². The third kappa shape index (κ3) is 5.46. The van der Waals surface area contributed by atoms with Crippen LogP contribution in [0.2, 0.25) is 0 Å². The average Bonchev–Trinajstić information content (AvgIpc) is 2.14. The molecule has 0 aliphatic heterocycles. The molecule has 4 nitrogen and oxygen atoms in total. The molecular weight excluding hydrogens is 227 g/mol. The van der Waals surface area contributed by atoms with Crippen molar-refractivity contribution in [1.29, 1.82) is 0 Å². The van der Waals surface area contributed by atoms with Crippen LogP contribution in [0, 0.1) is 0 Å². The molecule has 0 fully saturated rings. The first-order chi connectivity index (χ1) is 6.50. The molecule has 1 aromatic rings. The Labute approximate surface area is 111 Å². The first kappa shape index (κ1) is 14.8. The van der Waals surface area contributed by atoms with E-state index in [-0.39, 0.29) is 29.6 Å². The molecule has 2 N–H and O–H groups in total. The second kappa shape index (κ2) is 6.42. The fraction of sp³-hybridized carbons (Fsp3) is 0.111. The molecular formula is C9H10NaO4S. The fourth-order valence-corrected chi connectivity index (χ4v) is 1.13. The van der Waals surface area contributed by atoms with E-state index in [1.807, 2.05) is 6.07 Å². The summed E-state index contributed by atoms with van der Waals surface area (Å²) in [5.41, 5.74) is -1.13. The molecule has 0 saturated heterocycles. The number of aliphatic hydroxyl groups is 1. The molecule has 0 saturated carbocycles. The van der Waals surface area contributed by atoms with Crippen LogP contribution < -0.4 is 0 Å². The third-order valence-corrected chi connectivity index (χ3v) is 2.33. The van der Waals surface area contributed by atoms with Crippen molar-refractivity contribution in [3.05, 3.63) is 42.0 Å². The summed E-state index contributed by atoms with van der Waals surface area (Å²) >= 11 is 0. The number of aliphatic hydroxyl groups excluding tert-OH is 1. The number of benzene rings is 1. The Morgan fingerprint density at radius 3 is 2.20 bits per heavy atom. The maximum absolute atomic E-state index is 10.4. The van der Waals surface area contributed by atoms with E-state index < -0.39 is 15.6 Å². The van der Waals surface area contributed by atoms with Crippen LogP contribution in [0.25, 0.3) is 6.08 Å². The minimum Gasteiger partial charge on any atom is -0.372 e. The maximum Gasteiger partial charge on any atom is 0.295 e. The van der Waals surface area contributed by atoms with Crippen molar-refractivity contribution in [2.45, 2.75) is 5.44 Å². The Bertz CT molecular complexity index is 413. The Morgan fingerprint density at radius 2 is 1.73 bits per heavy atom. The predicted octanol–water partition coefficient (Wildman–Crippen LogP) is 0.525. The standard InChI is InChI=1S/C9H10O4S.Na/c10-9(14(11,12)13)7-6-8-4-2-1-3-5-8;/h1-7,9-10H,(H,11,12,13);/b7-6+;. The van der Waals surface area contributed by atoms with Crippen LogP contribution in [0.1, 0.15) is 5.56 Å². The average molecular weight is 237 g/mol. The molecule has 0 amide bonds. The summed E-state index contributed by atoms with van der Waals surface area (Å²) in [4.78, 5) is 0. The molecule has 1 rings (SSSR count). The van der Waals surface area contributed by atoms with Crippen molar-refractivity contribution < 1.29 is 18.1 Å². The number of hydrogen-bond acceptors (Lipinski definition) is 3. The van der Waals surface area contributed by atoms with Crippen molar-refractivity contribution in [3.63, 3.8) is 0 Å². The SMILES string of the molecule is O=S(=O)(O)C(O)/C=C/c1ccccc1.[Na]. The molecule has 0 bridgehead atoms. The maximum atomic E-state index is 10.4. The second-order valence-corrected chi connectivity index (χ2v) is 4.19. The topological polar surface area (TPSA) is 74.6 Å². The van der Waals surface area contributed by atoms with E-state index in [4.69, 9.17) is 9.66 Å². The van der Waals surface area contributed by atoms with Gasteiger partial charge in [-0.3, -0.25) is 4.55 Å². The van der Waals surface area contributed by atoms with Crippen molar-refractivity contribution in [2.75, 3.05) is 0 Å². The van der Waals surface area contributed by atoms with Gasteiger partial charge in [0.25, 0.3) is 10.1 Å². The van der Waals surface area contributed by atoms with E-state index in [9.17, 15) is 8.42 Å². The molecule has 15 heavy (non-hydrogen) atoms. The molecule has 1 unspecified atom stereocenters. The van der Waals surface area contributed by atoms with Gasteiger partial charge >= 0.3 is 0 Å². The Hall–Kier alpha value is -0.170. The molecule has 0 aliphatic rings. The molecule has 0 aliphatic carbocycles. The van der Waals surface area contributed by atoms with Crippen molar-refractivity contribution in [2.24, 2.45) is 0 Å². The summed E-state index contributed by atoms with van der Waals surface area (Å²) in [6.07, 6.45) is 2.42. The van der Waals surface area contributed by atoms with Crippen LogP contribution in [-0.2, 0) is 10.1 Å². The van der Waals surface area contributed by atoms with E-state index in [1.54, 1.807) is 24.3 Å². The summed E-state index contributed by atoms with van der Waals surface area (Å²) < 4.78 is 29.2. The van der Waals surface area contributed by atoms with E-state index in [0.717, 1.165) is 11.6 Å². The number of rotatable bonds is 3. The van der Waals surface area contributed by atoms with Gasteiger partial charge in [0.05, 0.1) is 0 Å². The zero-order valence-corrected chi connectivity index (χ0v) is 11.1. The van der Waals surface area contributed by atoms with E-state index in [1.165, 1.54) is 6.08 Å². The minimum absolute atomic E-state index is 0. The van der Waals surface area contributed by atoms with Gasteiger partial charge in [0.15, 0.2) is 5.44 Å². The molecule has 0 aromatic heterocycles. The van der Waals surface area contributed by atoms with E-state index in [2.05, 4.69) is 0 Å². The normalized spacial score (nSPS) is 13.5. The van der Waals surface area contributed by atoms with Crippen LogP contribution in [-0.4, -0.2) is 53.1 Å². The summed E-state index contributed by atoms with van der Waals surface area (Å²) in [7, 11) is -4.40. The fourth-order valence-electron chi connectivity index (χ4n) is 0.857. The monoisotopic (exact) mass is 237 g/mol. The van der Waals surface area contributed by atoms with Gasteiger partial charge in [-0.2, -0.15) is 8.42 Å². The Kier molecular flexibility index (Phi) is 6.35. The molecule has 6 heteroatoms. The predicted molar refractivity (Wildman–Crippen MR) is 58.8 cm³/mol. The largest absolute Gasteiger partial charge is 0.372 e. The summed E-state index contributed by atoms with van der Waals surface area (Å²) in [5.74, 6) is 0. The quantitative estimate of drug-likeness (QED) is 0.594. The van der Waals surface area contributed by atoms with Crippen molar-refractivity contribution in [3.8, 4) is 0 Å². The summed E-state index contributed by atoms with van der Waals surface area (Å²) in [6, 6.07) is 8.86. The van der Waals surface area contributed by atoms with Crippen LogP contribution in [0.5, 0.6) is 0 Å². The zero-order valence-electron chi connectivity index (χ0n) is 8.24. The van der Waals surface area contributed by atoms with Crippen LogP contribution >= 0.6 is 0 Å². The Morgan fingerprint density at radius 1 is 1.20 bits per heavy atom. The second-order valence-electron chi connectivity index (χ2n) is 2.68. The molecule has 0 spiro atoms. The molecule has 0 heterocycles. The van der Waals surface area contributed by atoms with Crippen LogP contribution in [0.4, 0.5) is 0 Å². The van der Waals surface area contributed by atoms with Gasteiger partial charge in [0.2, 0.25) is 0 Å². The minimum atomic E-state index is -4.40. The van der Waals surface area contributed by atoms with Crippen molar-refractivity contribution in [1.82, 2.24) is 0 Å². The summed E-state index contributed by atoms with van der Waals surface area (Å²) in [5, 5.41) is 8.92. The zero-order chi connectivity index (χ0) is 10.6. The van der Waals surface area contributed by atoms with Gasteiger partial charge in [0, 0.05) is 29.6 Å². The smallest absolute Gasteiger partial charge is 0.295 e. The molecule has 1 aromatic carbocycles. The van der Waals surface area contributed by atoms with Gasteiger partial charge < -0.3 is 5.11 Å². The van der Waals surface area contributed by atoms with Crippen LogP contribution in [0.3, 0.4) is 0 Å². The molecule has 1 radical (unpaired) electrons. The number of hydrogen-bond donors (Lipinski definition) is 2. The van der Waals surface area contributed by atoms with Gasteiger partial charge in [-0.15, -0.1) is 0 Å². The third-order valence-electron chi connectivity index (χ3n) is 1.56. The van der Waals surface area contributed by atoms with Gasteiger partial charge in [-0.05, 0) is 11.6 Å². The van der Waals surface area contributed by atoms with E-state index in [0.29, 0.717) is 0 Å². The molecule has 1 atom stereocenters. The first-order valence-corrected chi connectivity index (χ1v) is 5.38. The molecule has 77 valence electrons. The first-order valence-electron chi connectivity index (χ1n) is 3.88.